The Bertz CT molecular complexity index is 616. The van der Waals surface area contributed by atoms with E-state index in [4.69, 9.17) is 5.26 Å². The van der Waals surface area contributed by atoms with E-state index in [1.165, 1.54) is 23.5 Å². The van der Waals surface area contributed by atoms with Crippen molar-refractivity contribution in [2.45, 2.75) is 17.2 Å². The number of halogens is 1. The normalized spacial score (nSPS) is 12.0. The molecule has 1 aromatic carbocycles. The second kappa shape index (κ2) is 6.55. The summed E-state index contributed by atoms with van der Waals surface area (Å²) >= 11 is 1.33. The zero-order valence-electron chi connectivity index (χ0n) is 10.0. The molecule has 0 radical (unpaired) electrons. The maximum atomic E-state index is 12.8. The van der Waals surface area contributed by atoms with Gasteiger partial charge in [0.2, 0.25) is 0 Å². The van der Waals surface area contributed by atoms with Crippen molar-refractivity contribution in [2.75, 3.05) is 5.75 Å². The summed E-state index contributed by atoms with van der Waals surface area (Å²) < 4.78 is 25.3. The minimum Gasteiger partial charge on any atom is -0.252 e. The van der Waals surface area contributed by atoms with Crippen LogP contribution in [0.25, 0.3) is 11.3 Å². The number of nitrogens with zero attached hydrogens (tertiary/aromatic N) is 2. The molecule has 2 aromatic rings. The maximum absolute atomic E-state index is 12.8. The molecule has 0 saturated carbocycles. The molecule has 0 aliphatic carbocycles. The van der Waals surface area contributed by atoms with Gasteiger partial charge in [0.25, 0.3) is 0 Å². The van der Waals surface area contributed by atoms with E-state index in [2.05, 4.69) is 4.98 Å². The van der Waals surface area contributed by atoms with E-state index >= 15 is 0 Å². The summed E-state index contributed by atoms with van der Waals surface area (Å²) in [5.74, 6) is 0.156. The maximum Gasteiger partial charge on any atom is 0.181 e. The van der Waals surface area contributed by atoms with Crippen molar-refractivity contribution in [1.82, 2.24) is 4.98 Å². The van der Waals surface area contributed by atoms with Crippen LogP contribution >= 0.6 is 11.3 Å². The Balaban J connectivity index is 2.08. The van der Waals surface area contributed by atoms with Gasteiger partial charge in [0.1, 0.15) is 5.82 Å². The first-order valence-corrected chi connectivity index (χ1v) is 7.87. The standard InChI is InChI=1S/C13H11FN2OS2/c14-11-5-3-10(4-6-11)12-9-18-13(16-12)19(17)8-2-1-7-15/h3-6,9H,1-2,8H2. The lowest BCUT2D eigenvalue weighted by Crippen LogP contribution is -1.97. The van der Waals surface area contributed by atoms with Gasteiger partial charge in [-0.2, -0.15) is 5.26 Å². The third-order valence-electron chi connectivity index (χ3n) is 2.44. The molecule has 0 aliphatic rings. The van der Waals surface area contributed by atoms with Crippen molar-refractivity contribution in [1.29, 1.82) is 5.26 Å². The number of hydrogen-bond donors (Lipinski definition) is 0. The molecule has 6 heteroatoms. The third-order valence-corrected chi connectivity index (χ3v) is 5.06. The zero-order chi connectivity index (χ0) is 13.7. The van der Waals surface area contributed by atoms with Crippen molar-refractivity contribution < 1.29 is 8.60 Å². The molecule has 3 nitrogen and oxygen atoms in total. The van der Waals surface area contributed by atoms with Crippen molar-refractivity contribution in [2.24, 2.45) is 0 Å². The molecule has 0 N–H and O–H groups in total. The highest BCUT2D eigenvalue weighted by atomic mass is 32.2. The number of nitriles is 1. The Hall–Kier alpha value is -1.58. The molecule has 0 amide bonds. The molecular weight excluding hydrogens is 283 g/mol. The average Bonchev–Trinajstić information content (AvgIpc) is 2.89. The minimum atomic E-state index is -1.16. The smallest absolute Gasteiger partial charge is 0.181 e. The van der Waals surface area contributed by atoms with Gasteiger partial charge in [0, 0.05) is 23.1 Å². The monoisotopic (exact) mass is 294 g/mol. The Labute approximate surface area is 117 Å². The molecular formula is C13H11FN2OS2. The van der Waals surface area contributed by atoms with Gasteiger partial charge >= 0.3 is 0 Å². The van der Waals surface area contributed by atoms with Gasteiger partial charge in [-0.05, 0) is 30.7 Å². The highest BCUT2D eigenvalue weighted by Crippen LogP contribution is 2.24. The van der Waals surface area contributed by atoms with E-state index < -0.39 is 10.8 Å². The van der Waals surface area contributed by atoms with E-state index in [1.54, 1.807) is 12.1 Å². The van der Waals surface area contributed by atoms with Crippen LogP contribution in [0.2, 0.25) is 0 Å². The summed E-state index contributed by atoms with van der Waals surface area (Å²) in [6, 6.07) is 8.06. The predicted octanol–water partition coefficient (Wildman–Crippen LogP) is 3.36. The number of aromatic nitrogens is 1. The van der Waals surface area contributed by atoms with Crippen LogP contribution < -0.4 is 0 Å². The first kappa shape index (κ1) is 13.8. The fraction of sp³-hybridized carbons (Fsp3) is 0.231. The molecule has 1 aromatic heterocycles. The molecule has 1 unspecified atom stereocenters. The van der Waals surface area contributed by atoms with E-state index in [0.29, 0.717) is 28.6 Å². The number of unbranched alkanes of at least 4 members (excludes halogenated alkanes) is 1. The Morgan fingerprint density at radius 1 is 1.37 bits per heavy atom. The highest BCUT2D eigenvalue weighted by Gasteiger charge is 2.10. The second-order valence-electron chi connectivity index (χ2n) is 3.82. The van der Waals surface area contributed by atoms with Gasteiger partial charge in [0.05, 0.1) is 22.6 Å². The number of thiazole rings is 1. The minimum absolute atomic E-state index is 0.292. The SMILES string of the molecule is N#CCCCS(=O)c1nc(-c2ccc(F)cc2)cs1. The van der Waals surface area contributed by atoms with Gasteiger partial charge in [-0.15, -0.1) is 11.3 Å². The topological polar surface area (TPSA) is 53.8 Å². The third kappa shape index (κ3) is 3.69. The Kier molecular flexibility index (Phi) is 4.77. The summed E-state index contributed by atoms with van der Waals surface area (Å²) in [6.07, 6.45) is 1.01. The van der Waals surface area contributed by atoms with Gasteiger partial charge < -0.3 is 0 Å². The first-order chi connectivity index (χ1) is 9.20. The molecule has 2 rings (SSSR count). The van der Waals surface area contributed by atoms with Gasteiger partial charge in [-0.25, -0.2) is 9.37 Å². The summed E-state index contributed by atoms with van der Waals surface area (Å²) in [5.41, 5.74) is 1.51. The molecule has 0 aliphatic heterocycles. The molecule has 98 valence electrons. The van der Waals surface area contributed by atoms with Crippen LogP contribution in [0.4, 0.5) is 4.39 Å². The van der Waals surface area contributed by atoms with E-state index in [-0.39, 0.29) is 5.82 Å². The fourth-order valence-electron chi connectivity index (χ4n) is 1.48. The van der Waals surface area contributed by atoms with Crippen LogP contribution in [-0.2, 0) is 10.8 Å². The van der Waals surface area contributed by atoms with Crippen molar-refractivity contribution in [3.05, 3.63) is 35.5 Å². The summed E-state index contributed by atoms with van der Waals surface area (Å²) in [4.78, 5) is 4.30. The predicted molar refractivity (Wildman–Crippen MR) is 73.6 cm³/mol. The van der Waals surface area contributed by atoms with Gasteiger partial charge in [-0.3, -0.25) is 4.21 Å². The molecule has 1 atom stereocenters. The lowest BCUT2D eigenvalue weighted by atomic mass is 10.2. The van der Waals surface area contributed by atoms with Crippen LogP contribution in [0.15, 0.2) is 34.0 Å². The lowest BCUT2D eigenvalue weighted by molar-refractivity contribution is 0.628. The van der Waals surface area contributed by atoms with E-state index in [9.17, 15) is 8.60 Å². The summed E-state index contributed by atoms with van der Waals surface area (Å²) in [5, 5.41) is 10.2. The molecule has 0 bridgehead atoms. The molecule has 1 heterocycles. The van der Waals surface area contributed by atoms with Crippen LogP contribution in [0, 0.1) is 17.1 Å². The fourth-order valence-corrected chi connectivity index (χ4v) is 3.64. The number of benzene rings is 1. The zero-order valence-corrected chi connectivity index (χ0v) is 11.6. The van der Waals surface area contributed by atoms with Gasteiger partial charge in [0.15, 0.2) is 4.34 Å². The number of hydrogen-bond acceptors (Lipinski definition) is 4. The second-order valence-corrected chi connectivity index (χ2v) is 6.42. The molecule has 19 heavy (non-hydrogen) atoms. The van der Waals surface area contributed by atoms with Crippen molar-refractivity contribution >= 4 is 22.1 Å². The summed E-state index contributed by atoms with van der Waals surface area (Å²) in [7, 11) is -1.16. The van der Waals surface area contributed by atoms with E-state index in [1.807, 2.05) is 11.4 Å². The number of rotatable bonds is 5. The van der Waals surface area contributed by atoms with Gasteiger partial charge in [-0.1, -0.05) is 0 Å². The lowest BCUT2D eigenvalue weighted by Gasteiger charge is -1.96. The van der Waals surface area contributed by atoms with Crippen molar-refractivity contribution in [3.8, 4) is 17.3 Å². The first-order valence-electron chi connectivity index (χ1n) is 5.67. The van der Waals surface area contributed by atoms with E-state index in [0.717, 1.165) is 5.56 Å². The van der Waals surface area contributed by atoms with Crippen LogP contribution in [0.5, 0.6) is 0 Å². The molecule has 0 saturated heterocycles. The van der Waals surface area contributed by atoms with Crippen LogP contribution in [-0.4, -0.2) is 14.9 Å². The summed E-state index contributed by atoms with van der Waals surface area (Å²) in [6.45, 7) is 0. The molecule has 0 fully saturated rings. The quantitative estimate of drug-likeness (QED) is 0.795. The highest BCUT2D eigenvalue weighted by molar-refractivity contribution is 7.87. The Morgan fingerprint density at radius 3 is 2.79 bits per heavy atom. The van der Waals surface area contributed by atoms with Crippen LogP contribution in [0.1, 0.15) is 12.8 Å². The Morgan fingerprint density at radius 2 is 2.11 bits per heavy atom. The average molecular weight is 294 g/mol. The van der Waals surface area contributed by atoms with Crippen LogP contribution in [0.3, 0.4) is 0 Å². The van der Waals surface area contributed by atoms with Crippen molar-refractivity contribution in [3.63, 3.8) is 0 Å². The largest absolute Gasteiger partial charge is 0.252 e. The molecule has 0 spiro atoms.